The van der Waals surface area contributed by atoms with Crippen molar-refractivity contribution in [2.75, 3.05) is 44.4 Å². The first-order valence-corrected chi connectivity index (χ1v) is 10.6. The number of carbonyl (C=O) groups excluding carboxylic acids is 1. The summed E-state index contributed by atoms with van der Waals surface area (Å²) in [5.74, 6) is 0.0749. The zero-order valence-electron chi connectivity index (χ0n) is 17.2. The van der Waals surface area contributed by atoms with Crippen LogP contribution in [-0.4, -0.2) is 56.4 Å². The molecule has 2 fully saturated rings. The van der Waals surface area contributed by atoms with Crippen LogP contribution in [0.1, 0.15) is 34.3 Å². The van der Waals surface area contributed by atoms with Gasteiger partial charge in [-0.15, -0.1) is 0 Å². The largest absolute Gasteiger partial charge is 0.378 e. The van der Waals surface area contributed by atoms with E-state index in [1.807, 2.05) is 35.2 Å². The lowest BCUT2D eigenvalue weighted by atomic mass is 10.1. The molecule has 5 nitrogen and oxygen atoms in total. The zero-order chi connectivity index (χ0) is 20.1. The van der Waals surface area contributed by atoms with Gasteiger partial charge in [-0.25, -0.2) is 0 Å². The van der Waals surface area contributed by atoms with Crippen molar-refractivity contribution in [1.82, 2.24) is 4.90 Å². The summed E-state index contributed by atoms with van der Waals surface area (Å²) in [6, 6.07) is 16.3. The molecule has 0 N–H and O–H groups in total. The Kier molecular flexibility index (Phi) is 6.47. The minimum atomic E-state index is 0.0749. The number of anilines is 1. The second-order valence-corrected chi connectivity index (χ2v) is 7.86. The highest BCUT2D eigenvalue weighted by atomic mass is 16.5. The topological polar surface area (TPSA) is 42.0 Å². The van der Waals surface area contributed by atoms with Crippen LogP contribution in [0.4, 0.5) is 5.69 Å². The fraction of sp³-hybridized carbons (Fsp3) is 0.458. The molecule has 0 spiro atoms. The number of carbonyl (C=O) groups is 1. The molecule has 2 aliphatic heterocycles. The molecule has 29 heavy (non-hydrogen) atoms. The lowest BCUT2D eigenvalue weighted by Gasteiger charge is -2.32. The Morgan fingerprint density at radius 2 is 1.83 bits per heavy atom. The molecular formula is C24H30N2O3. The Labute approximate surface area is 173 Å². The van der Waals surface area contributed by atoms with E-state index in [-0.39, 0.29) is 12.0 Å². The van der Waals surface area contributed by atoms with E-state index in [0.717, 1.165) is 43.8 Å². The Bertz CT molecular complexity index is 826. The van der Waals surface area contributed by atoms with Gasteiger partial charge in [0, 0.05) is 38.5 Å². The molecule has 1 amide bonds. The third-order valence-corrected chi connectivity index (χ3v) is 5.84. The van der Waals surface area contributed by atoms with Crippen LogP contribution in [0.25, 0.3) is 0 Å². The van der Waals surface area contributed by atoms with Crippen LogP contribution < -0.4 is 4.90 Å². The minimum absolute atomic E-state index is 0.0749. The molecule has 0 aromatic heterocycles. The number of morpholine rings is 1. The van der Waals surface area contributed by atoms with Gasteiger partial charge in [0.25, 0.3) is 5.91 Å². The molecule has 1 atom stereocenters. The van der Waals surface area contributed by atoms with E-state index in [1.54, 1.807) is 0 Å². The highest BCUT2D eigenvalue weighted by Crippen LogP contribution is 2.25. The van der Waals surface area contributed by atoms with Crippen molar-refractivity contribution in [2.45, 2.75) is 32.4 Å². The van der Waals surface area contributed by atoms with Crippen LogP contribution in [0, 0.1) is 6.92 Å². The fourth-order valence-electron chi connectivity index (χ4n) is 4.15. The van der Waals surface area contributed by atoms with Crippen LogP contribution in [0.2, 0.25) is 0 Å². The van der Waals surface area contributed by atoms with Gasteiger partial charge >= 0.3 is 0 Å². The summed E-state index contributed by atoms with van der Waals surface area (Å²) in [5, 5.41) is 0. The first kappa shape index (κ1) is 19.9. The highest BCUT2D eigenvalue weighted by molar-refractivity contribution is 5.99. The van der Waals surface area contributed by atoms with E-state index in [0.29, 0.717) is 26.3 Å². The van der Waals surface area contributed by atoms with Gasteiger partial charge in [0.05, 0.1) is 24.9 Å². The van der Waals surface area contributed by atoms with E-state index < -0.39 is 0 Å². The SMILES string of the molecule is Cc1ccccc1CN(CC1CCCO1)C(=O)c1ccccc1N1CCOCC1. The zero-order valence-corrected chi connectivity index (χ0v) is 17.2. The number of benzene rings is 2. The van der Waals surface area contributed by atoms with Gasteiger partial charge in [-0.2, -0.15) is 0 Å². The van der Waals surface area contributed by atoms with E-state index in [2.05, 4.69) is 30.0 Å². The summed E-state index contributed by atoms with van der Waals surface area (Å²) < 4.78 is 11.4. The Balaban J connectivity index is 1.61. The number of amides is 1. The normalized spacial score (nSPS) is 19.3. The summed E-state index contributed by atoms with van der Waals surface area (Å²) in [6.45, 7) is 7.15. The van der Waals surface area contributed by atoms with Crippen molar-refractivity contribution >= 4 is 11.6 Å². The van der Waals surface area contributed by atoms with Crippen molar-refractivity contribution in [2.24, 2.45) is 0 Å². The van der Waals surface area contributed by atoms with Crippen molar-refractivity contribution in [3.8, 4) is 0 Å². The monoisotopic (exact) mass is 394 g/mol. The molecule has 0 saturated carbocycles. The molecule has 154 valence electrons. The average molecular weight is 395 g/mol. The smallest absolute Gasteiger partial charge is 0.256 e. The number of hydrogen-bond donors (Lipinski definition) is 0. The van der Waals surface area contributed by atoms with E-state index in [1.165, 1.54) is 11.1 Å². The van der Waals surface area contributed by atoms with Gasteiger partial charge in [0.1, 0.15) is 0 Å². The maximum Gasteiger partial charge on any atom is 0.256 e. The van der Waals surface area contributed by atoms with Crippen molar-refractivity contribution in [3.05, 3.63) is 65.2 Å². The molecule has 0 radical (unpaired) electrons. The second-order valence-electron chi connectivity index (χ2n) is 7.86. The van der Waals surface area contributed by atoms with E-state index >= 15 is 0 Å². The summed E-state index contributed by atoms with van der Waals surface area (Å²) in [5.41, 5.74) is 4.16. The highest BCUT2D eigenvalue weighted by Gasteiger charge is 2.27. The summed E-state index contributed by atoms with van der Waals surface area (Å²) >= 11 is 0. The molecule has 2 heterocycles. The molecule has 5 heteroatoms. The molecule has 2 aromatic rings. The number of para-hydroxylation sites is 1. The predicted molar refractivity (Wildman–Crippen MR) is 114 cm³/mol. The minimum Gasteiger partial charge on any atom is -0.378 e. The maximum atomic E-state index is 13.7. The first-order valence-electron chi connectivity index (χ1n) is 10.6. The average Bonchev–Trinajstić information content (AvgIpc) is 3.28. The van der Waals surface area contributed by atoms with Gasteiger partial charge in [0.2, 0.25) is 0 Å². The first-order chi connectivity index (χ1) is 14.2. The molecule has 0 bridgehead atoms. The number of aryl methyl sites for hydroxylation is 1. The third kappa shape index (κ3) is 4.80. The summed E-state index contributed by atoms with van der Waals surface area (Å²) in [4.78, 5) is 18.0. The molecule has 1 unspecified atom stereocenters. The molecule has 2 aliphatic rings. The fourth-order valence-corrected chi connectivity index (χ4v) is 4.15. The number of rotatable bonds is 6. The van der Waals surface area contributed by atoms with Gasteiger partial charge in [0.15, 0.2) is 0 Å². The molecule has 0 aliphatic carbocycles. The molecule has 2 saturated heterocycles. The van der Waals surface area contributed by atoms with E-state index in [9.17, 15) is 4.79 Å². The number of nitrogens with zero attached hydrogens (tertiary/aromatic N) is 2. The van der Waals surface area contributed by atoms with E-state index in [4.69, 9.17) is 9.47 Å². The van der Waals surface area contributed by atoms with Gasteiger partial charge in [-0.3, -0.25) is 4.79 Å². The van der Waals surface area contributed by atoms with Crippen molar-refractivity contribution < 1.29 is 14.3 Å². The number of ether oxygens (including phenoxy) is 2. The predicted octanol–water partition coefficient (Wildman–Crippen LogP) is 3.65. The summed E-state index contributed by atoms with van der Waals surface area (Å²) in [6.07, 6.45) is 2.21. The second kappa shape index (κ2) is 9.42. The quantitative estimate of drug-likeness (QED) is 0.750. The number of hydrogen-bond acceptors (Lipinski definition) is 4. The van der Waals surface area contributed by atoms with Crippen LogP contribution in [0.15, 0.2) is 48.5 Å². The maximum absolute atomic E-state index is 13.7. The van der Waals surface area contributed by atoms with Gasteiger partial charge < -0.3 is 19.3 Å². The molecular weight excluding hydrogens is 364 g/mol. The Morgan fingerprint density at radius 1 is 1.07 bits per heavy atom. The standard InChI is InChI=1S/C24H30N2O3/c1-19-7-2-3-8-20(19)17-26(18-21-9-6-14-29-21)24(27)22-10-4-5-11-23(22)25-12-15-28-16-13-25/h2-5,7-8,10-11,21H,6,9,12-18H2,1H3. The van der Waals surface area contributed by atoms with Crippen LogP contribution in [-0.2, 0) is 16.0 Å². The van der Waals surface area contributed by atoms with Crippen molar-refractivity contribution in [3.63, 3.8) is 0 Å². The third-order valence-electron chi connectivity index (χ3n) is 5.84. The molecule has 4 rings (SSSR count). The molecule has 2 aromatic carbocycles. The lowest BCUT2D eigenvalue weighted by molar-refractivity contribution is 0.0507. The van der Waals surface area contributed by atoms with Crippen molar-refractivity contribution in [1.29, 1.82) is 0 Å². The Morgan fingerprint density at radius 3 is 2.59 bits per heavy atom. The Hall–Kier alpha value is -2.37. The van der Waals surface area contributed by atoms with Gasteiger partial charge in [-0.05, 0) is 43.0 Å². The van der Waals surface area contributed by atoms with Crippen LogP contribution in [0.3, 0.4) is 0 Å². The van der Waals surface area contributed by atoms with Crippen LogP contribution in [0.5, 0.6) is 0 Å². The lowest BCUT2D eigenvalue weighted by Crippen LogP contribution is -2.40. The summed E-state index contributed by atoms with van der Waals surface area (Å²) in [7, 11) is 0. The van der Waals surface area contributed by atoms with Crippen LogP contribution >= 0.6 is 0 Å². The van der Waals surface area contributed by atoms with Gasteiger partial charge in [-0.1, -0.05) is 36.4 Å².